The fourth-order valence-corrected chi connectivity index (χ4v) is 1.61. The first-order valence-electron chi connectivity index (χ1n) is 7.46. The van der Waals surface area contributed by atoms with E-state index in [1.807, 2.05) is 21.5 Å². The van der Waals surface area contributed by atoms with Gasteiger partial charge in [-0.1, -0.05) is 0 Å². The van der Waals surface area contributed by atoms with Crippen LogP contribution in [0.2, 0.25) is 0 Å². The van der Waals surface area contributed by atoms with Crippen LogP contribution in [-0.2, 0) is 19.2 Å². The summed E-state index contributed by atoms with van der Waals surface area (Å²) in [5, 5.41) is 30.7. The van der Waals surface area contributed by atoms with Crippen LogP contribution >= 0.6 is 0 Å². The van der Waals surface area contributed by atoms with Crippen molar-refractivity contribution in [2.75, 3.05) is 6.61 Å². The van der Waals surface area contributed by atoms with Crippen LogP contribution in [0.15, 0.2) is 0 Å². The van der Waals surface area contributed by atoms with Crippen molar-refractivity contribution in [3.63, 3.8) is 0 Å². The number of nitrogens with two attached hydrogens (primary N) is 2. The highest BCUT2D eigenvalue weighted by atomic mass is 16.5. The molecule has 0 aromatic heterocycles. The van der Waals surface area contributed by atoms with Gasteiger partial charge in [-0.15, -0.1) is 0 Å². The molecule has 0 aliphatic carbocycles. The molecular weight excluding hydrogens is 370 g/mol. The quantitative estimate of drug-likeness (QED) is 0.132. The number of hydrazine groups is 1. The highest BCUT2D eigenvalue weighted by molar-refractivity contribution is 5.94. The van der Waals surface area contributed by atoms with Gasteiger partial charge in [0.1, 0.15) is 18.1 Å². The molecule has 0 bridgehead atoms. The van der Waals surface area contributed by atoms with Gasteiger partial charge in [-0.2, -0.15) is 0 Å². The van der Waals surface area contributed by atoms with E-state index < -0.39 is 66.9 Å². The fourth-order valence-electron chi connectivity index (χ4n) is 1.61. The molecule has 6 amide bonds. The summed E-state index contributed by atoms with van der Waals surface area (Å²) in [5.41, 5.74) is 15.2. The van der Waals surface area contributed by atoms with Gasteiger partial charge in [-0.3, -0.25) is 35.2 Å². The van der Waals surface area contributed by atoms with Crippen LogP contribution in [0, 0.1) is 0 Å². The lowest BCUT2D eigenvalue weighted by atomic mass is 10.1. The number of aliphatic hydroxyl groups is 2. The molecule has 4 unspecified atom stereocenters. The highest BCUT2D eigenvalue weighted by Gasteiger charge is 2.29. The summed E-state index contributed by atoms with van der Waals surface area (Å²) in [5.74, 6) is -4.13. The largest absolute Gasteiger partial charge is 0.394 e. The van der Waals surface area contributed by atoms with Crippen molar-refractivity contribution in [2.24, 2.45) is 11.5 Å². The average Bonchev–Trinajstić information content (AvgIpc) is 2.61. The molecule has 0 aliphatic heterocycles. The standard InChI is InChI=1S/C12H23N7O8/c1-4(21)8(11(25)19-27)16-12(26)15-6(2-7(14)22)10(24)18-17-9(23)5(13)3-20/h4-6,8,20-21,27H,2-3,13H2,1H3,(H2,14,22)(H,17,23)(H,18,24)(H,19,25)(H2,15,16,26). The molecule has 0 fully saturated rings. The summed E-state index contributed by atoms with van der Waals surface area (Å²) in [4.78, 5) is 57.7. The Morgan fingerprint density at radius 1 is 1.00 bits per heavy atom. The van der Waals surface area contributed by atoms with Gasteiger partial charge in [0.05, 0.1) is 19.1 Å². The molecule has 0 rings (SSSR count). The van der Waals surface area contributed by atoms with E-state index in [-0.39, 0.29) is 0 Å². The summed E-state index contributed by atoms with van der Waals surface area (Å²) in [6, 6.07) is -5.63. The predicted octanol–water partition coefficient (Wildman–Crippen LogP) is -5.75. The van der Waals surface area contributed by atoms with Crippen LogP contribution in [0.5, 0.6) is 0 Å². The van der Waals surface area contributed by atoms with E-state index in [0.29, 0.717) is 0 Å². The summed E-state index contributed by atoms with van der Waals surface area (Å²) in [7, 11) is 0. The SMILES string of the molecule is CC(O)C(NC(=O)NC(CC(N)=O)C(=O)NNC(=O)C(N)CO)C(=O)NO. The van der Waals surface area contributed by atoms with Gasteiger partial charge < -0.3 is 32.3 Å². The summed E-state index contributed by atoms with van der Waals surface area (Å²) >= 11 is 0. The van der Waals surface area contributed by atoms with E-state index in [9.17, 15) is 29.1 Å². The predicted molar refractivity (Wildman–Crippen MR) is 86.0 cm³/mol. The smallest absolute Gasteiger partial charge is 0.316 e. The monoisotopic (exact) mass is 393 g/mol. The lowest BCUT2D eigenvalue weighted by Crippen LogP contribution is -2.60. The zero-order valence-corrected chi connectivity index (χ0v) is 14.3. The number of carbonyl (C=O) groups excluding carboxylic acids is 5. The third-order valence-electron chi connectivity index (χ3n) is 3.03. The van der Waals surface area contributed by atoms with Crippen LogP contribution in [0.4, 0.5) is 4.79 Å². The fraction of sp³-hybridized carbons (Fsp3) is 0.583. The second-order valence-electron chi connectivity index (χ2n) is 5.30. The molecule has 0 aliphatic rings. The van der Waals surface area contributed by atoms with Crippen LogP contribution in [0.25, 0.3) is 0 Å². The number of hydrogen-bond acceptors (Lipinski definition) is 9. The van der Waals surface area contributed by atoms with Gasteiger partial charge in [0.2, 0.25) is 5.91 Å². The minimum atomic E-state index is -1.57. The number of hydrogen-bond donors (Lipinski definition) is 10. The molecule has 4 atom stereocenters. The van der Waals surface area contributed by atoms with Gasteiger partial charge in [0.15, 0.2) is 0 Å². The number of urea groups is 1. The van der Waals surface area contributed by atoms with Crippen molar-refractivity contribution in [3.8, 4) is 0 Å². The molecule has 12 N–H and O–H groups in total. The first kappa shape index (κ1) is 24.0. The number of carbonyl (C=O) groups is 5. The third kappa shape index (κ3) is 8.77. The molecular formula is C12H23N7O8. The summed E-state index contributed by atoms with van der Waals surface area (Å²) in [6.45, 7) is 0.453. The Morgan fingerprint density at radius 2 is 1.56 bits per heavy atom. The molecule has 0 aromatic rings. The molecule has 0 heterocycles. The van der Waals surface area contributed by atoms with E-state index >= 15 is 0 Å². The number of nitrogens with one attached hydrogen (secondary N) is 5. The maximum Gasteiger partial charge on any atom is 0.316 e. The molecule has 15 heteroatoms. The van der Waals surface area contributed by atoms with E-state index in [4.69, 9.17) is 21.8 Å². The number of aliphatic hydroxyl groups excluding tert-OH is 2. The zero-order valence-electron chi connectivity index (χ0n) is 14.3. The Morgan fingerprint density at radius 3 is 2.00 bits per heavy atom. The van der Waals surface area contributed by atoms with Gasteiger partial charge in [0, 0.05) is 0 Å². The van der Waals surface area contributed by atoms with E-state index in [1.54, 1.807) is 0 Å². The molecule has 27 heavy (non-hydrogen) atoms. The Bertz CT molecular complexity index is 570. The van der Waals surface area contributed by atoms with Crippen LogP contribution < -0.4 is 38.4 Å². The van der Waals surface area contributed by atoms with Crippen molar-refractivity contribution in [2.45, 2.75) is 37.6 Å². The van der Waals surface area contributed by atoms with Crippen LogP contribution in [0.3, 0.4) is 0 Å². The van der Waals surface area contributed by atoms with Crippen molar-refractivity contribution in [1.29, 1.82) is 0 Å². The van der Waals surface area contributed by atoms with Gasteiger partial charge in [-0.05, 0) is 6.92 Å². The topological polar surface area (TPSA) is 258 Å². The maximum absolute atomic E-state index is 12.0. The lowest BCUT2D eigenvalue weighted by Gasteiger charge is -2.22. The van der Waals surface area contributed by atoms with Crippen molar-refractivity contribution < 1.29 is 39.4 Å². The zero-order chi connectivity index (χ0) is 21.1. The van der Waals surface area contributed by atoms with E-state index in [2.05, 4.69) is 0 Å². The minimum Gasteiger partial charge on any atom is -0.394 e. The molecule has 154 valence electrons. The third-order valence-corrected chi connectivity index (χ3v) is 3.03. The molecule has 15 nitrogen and oxygen atoms in total. The van der Waals surface area contributed by atoms with E-state index in [1.165, 1.54) is 5.48 Å². The number of rotatable bonds is 9. The first-order valence-corrected chi connectivity index (χ1v) is 7.46. The van der Waals surface area contributed by atoms with Gasteiger partial charge in [0.25, 0.3) is 17.7 Å². The average molecular weight is 393 g/mol. The molecule has 0 aromatic carbocycles. The Labute approximate surface area is 152 Å². The molecule has 0 spiro atoms. The Kier molecular flexibility index (Phi) is 10.3. The molecule has 0 radical (unpaired) electrons. The maximum atomic E-state index is 12.0. The Balaban J connectivity index is 4.96. The molecule has 0 saturated heterocycles. The van der Waals surface area contributed by atoms with Crippen molar-refractivity contribution in [3.05, 3.63) is 0 Å². The second kappa shape index (κ2) is 11.6. The minimum absolute atomic E-state index is 0.674. The first-order chi connectivity index (χ1) is 12.5. The second-order valence-corrected chi connectivity index (χ2v) is 5.30. The Hall–Kier alpha value is -3.01. The van der Waals surface area contributed by atoms with E-state index in [0.717, 1.165) is 6.92 Å². The highest BCUT2D eigenvalue weighted by Crippen LogP contribution is 1.96. The van der Waals surface area contributed by atoms with Gasteiger partial charge in [-0.25, -0.2) is 10.3 Å². The number of primary amides is 1. The molecule has 0 saturated carbocycles. The van der Waals surface area contributed by atoms with Crippen LogP contribution in [-0.4, -0.2) is 75.9 Å². The van der Waals surface area contributed by atoms with Crippen molar-refractivity contribution >= 4 is 29.7 Å². The van der Waals surface area contributed by atoms with Gasteiger partial charge >= 0.3 is 6.03 Å². The summed E-state index contributed by atoms with van der Waals surface area (Å²) < 4.78 is 0. The summed E-state index contributed by atoms with van der Waals surface area (Å²) in [6.07, 6.45) is -2.09. The number of amides is 6. The van der Waals surface area contributed by atoms with Crippen LogP contribution in [0.1, 0.15) is 13.3 Å². The van der Waals surface area contributed by atoms with Crippen molar-refractivity contribution in [1.82, 2.24) is 27.0 Å². The normalized spacial score (nSPS) is 14.7. The lowest BCUT2D eigenvalue weighted by molar-refractivity contribution is -0.133. The number of hydroxylamine groups is 1.